The van der Waals surface area contributed by atoms with Crippen molar-refractivity contribution in [3.63, 3.8) is 0 Å². The minimum absolute atomic E-state index is 0.00581. The molecule has 0 saturated heterocycles. The molecule has 1 aliphatic carbocycles. The maximum Gasteiger partial charge on any atom is 0.256 e. The van der Waals surface area contributed by atoms with Crippen molar-refractivity contribution in [2.45, 2.75) is 50.6 Å². The zero-order valence-electron chi connectivity index (χ0n) is 16.0. The quantitative estimate of drug-likeness (QED) is 0.872. The number of pyridine rings is 1. The van der Waals surface area contributed by atoms with Gasteiger partial charge in [-0.25, -0.2) is 9.98 Å². The lowest BCUT2D eigenvalue weighted by molar-refractivity contribution is -0.130. The van der Waals surface area contributed by atoms with Crippen molar-refractivity contribution < 1.29 is 4.79 Å². The van der Waals surface area contributed by atoms with E-state index in [1.807, 2.05) is 31.2 Å². The van der Waals surface area contributed by atoms with E-state index in [1.165, 1.54) is 4.90 Å². The molecule has 27 heavy (non-hydrogen) atoms. The van der Waals surface area contributed by atoms with Crippen LogP contribution in [0.3, 0.4) is 0 Å². The fraction of sp³-hybridized carbons (Fsp3) is 0.476. The van der Waals surface area contributed by atoms with Crippen molar-refractivity contribution in [2.24, 2.45) is 16.6 Å². The summed E-state index contributed by atoms with van der Waals surface area (Å²) in [5.41, 5.74) is 6.15. The molecule has 3 N–H and O–H groups in total. The number of guanidine groups is 1. The van der Waals surface area contributed by atoms with Crippen LogP contribution in [0, 0.1) is 5.92 Å². The van der Waals surface area contributed by atoms with E-state index in [-0.39, 0.29) is 5.91 Å². The first-order valence-corrected chi connectivity index (χ1v) is 9.70. The number of nitrogens with two attached hydrogens (primary N) is 1. The average molecular weight is 365 g/mol. The van der Waals surface area contributed by atoms with E-state index in [9.17, 15) is 4.79 Å². The lowest BCUT2D eigenvalue weighted by Gasteiger charge is -2.33. The Hall–Kier alpha value is -2.63. The molecule has 2 heterocycles. The zero-order chi connectivity index (χ0) is 19.0. The van der Waals surface area contributed by atoms with Crippen LogP contribution >= 0.6 is 0 Å². The summed E-state index contributed by atoms with van der Waals surface area (Å²) >= 11 is 0. The number of hydrogen-bond donors (Lipinski definition) is 2. The van der Waals surface area contributed by atoms with Gasteiger partial charge in [-0.05, 0) is 50.3 Å². The molecular weight excluding hydrogens is 338 g/mol. The van der Waals surface area contributed by atoms with Crippen molar-refractivity contribution in [2.75, 3.05) is 12.4 Å². The number of hydrogen-bond acceptors (Lipinski definition) is 5. The summed E-state index contributed by atoms with van der Waals surface area (Å²) < 4.78 is 0. The summed E-state index contributed by atoms with van der Waals surface area (Å²) in [4.78, 5) is 23.2. The lowest BCUT2D eigenvalue weighted by Crippen LogP contribution is -2.42. The highest BCUT2D eigenvalue weighted by Crippen LogP contribution is 2.36. The number of amides is 1. The highest BCUT2D eigenvalue weighted by Gasteiger charge is 2.44. The van der Waals surface area contributed by atoms with Crippen LogP contribution in [0.4, 0.5) is 5.82 Å². The zero-order valence-corrected chi connectivity index (χ0v) is 16.0. The van der Waals surface area contributed by atoms with E-state index in [0.717, 1.165) is 48.8 Å². The summed E-state index contributed by atoms with van der Waals surface area (Å²) in [7, 11) is 1.70. The molecule has 0 unspecified atom stereocenters. The second-order valence-electron chi connectivity index (χ2n) is 8.08. The Morgan fingerprint density at radius 2 is 2.07 bits per heavy atom. The first-order valence-electron chi connectivity index (χ1n) is 9.70. The van der Waals surface area contributed by atoms with Crippen molar-refractivity contribution in [1.29, 1.82) is 0 Å². The highest BCUT2D eigenvalue weighted by atomic mass is 16.2. The molecule has 0 radical (unpaired) electrons. The van der Waals surface area contributed by atoms with Crippen LogP contribution in [0.5, 0.6) is 0 Å². The van der Waals surface area contributed by atoms with Gasteiger partial charge in [0.2, 0.25) is 0 Å². The molecule has 142 valence electrons. The number of carbonyl (C=O) groups is 1. The Balaban J connectivity index is 1.43. The van der Waals surface area contributed by atoms with Gasteiger partial charge in [0, 0.05) is 18.5 Å². The van der Waals surface area contributed by atoms with E-state index >= 15 is 0 Å². The number of benzene rings is 1. The molecule has 4 rings (SSSR count). The number of fused-ring (bicyclic) bond motifs is 1. The van der Waals surface area contributed by atoms with Gasteiger partial charge < -0.3 is 11.1 Å². The predicted molar refractivity (Wildman–Crippen MR) is 109 cm³/mol. The van der Waals surface area contributed by atoms with Gasteiger partial charge in [0.05, 0.1) is 5.52 Å². The fourth-order valence-electron chi connectivity index (χ4n) is 4.50. The molecule has 0 spiro atoms. The lowest BCUT2D eigenvalue weighted by atomic mass is 9.78. The number of likely N-dealkylation sites (N-methyl/N-ethyl adjacent to an activating group) is 1. The summed E-state index contributed by atoms with van der Waals surface area (Å²) in [5, 5.41) is 4.75. The van der Waals surface area contributed by atoms with Crippen molar-refractivity contribution >= 4 is 28.6 Å². The van der Waals surface area contributed by atoms with Gasteiger partial charge in [-0.15, -0.1) is 0 Å². The van der Waals surface area contributed by atoms with E-state index in [1.54, 1.807) is 7.05 Å². The topological polar surface area (TPSA) is 83.6 Å². The largest absolute Gasteiger partial charge is 0.369 e. The molecule has 1 saturated carbocycles. The molecule has 1 amide bonds. The SMILES string of the molecule is CN1C(=O)[C@@](C)(C[C@H]2CCC[C@@H](Nc3ccc4ccccc4n3)C2)N=C1N. The number of nitrogens with one attached hydrogen (secondary N) is 1. The fourth-order valence-corrected chi connectivity index (χ4v) is 4.50. The van der Waals surface area contributed by atoms with E-state index in [4.69, 9.17) is 10.7 Å². The molecule has 3 atom stereocenters. The summed E-state index contributed by atoms with van der Waals surface area (Å²) in [6, 6.07) is 12.7. The number of aliphatic imine (C=N–C) groups is 1. The normalized spacial score (nSPS) is 28.4. The molecular formula is C21H27N5O. The van der Waals surface area contributed by atoms with Crippen LogP contribution in [0.15, 0.2) is 41.4 Å². The van der Waals surface area contributed by atoms with Crippen molar-refractivity contribution in [1.82, 2.24) is 9.88 Å². The Labute approximate surface area is 159 Å². The predicted octanol–water partition coefficient (Wildman–Crippen LogP) is 3.14. The van der Waals surface area contributed by atoms with Crippen LogP contribution < -0.4 is 11.1 Å². The standard InChI is InChI=1S/C21H27N5O/c1-21(19(27)26(2)20(22)25-21)13-14-6-5-8-16(12-14)23-18-11-10-15-7-3-4-9-17(15)24-18/h3-4,7,9-11,14,16H,5-6,8,12-13H2,1-2H3,(H2,22,25)(H,23,24)/t14-,16+,21+/m0/s1. The van der Waals surface area contributed by atoms with Gasteiger partial charge in [-0.2, -0.15) is 0 Å². The maximum atomic E-state index is 12.5. The van der Waals surface area contributed by atoms with Crippen molar-refractivity contribution in [3.05, 3.63) is 36.4 Å². The van der Waals surface area contributed by atoms with Crippen LogP contribution in [0.1, 0.15) is 39.0 Å². The van der Waals surface area contributed by atoms with E-state index in [2.05, 4.69) is 22.4 Å². The minimum atomic E-state index is -0.716. The first-order chi connectivity index (χ1) is 12.9. The molecule has 1 aromatic heterocycles. The summed E-state index contributed by atoms with van der Waals surface area (Å²) in [6.45, 7) is 1.91. The van der Waals surface area contributed by atoms with Crippen LogP contribution in [0.2, 0.25) is 0 Å². The number of para-hydroxylation sites is 1. The van der Waals surface area contributed by atoms with Gasteiger partial charge in [-0.3, -0.25) is 9.69 Å². The van der Waals surface area contributed by atoms with Gasteiger partial charge >= 0.3 is 0 Å². The smallest absolute Gasteiger partial charge is 0.256 e. The third-order valence-electron chi connectivity index (χ3n) is 5.89. The number of aromatic nitrogens is 1. The third-order valence-corrected chi connectivity index (χ3v) is 5.89. The van der Waals surface area contributed by atoms with Crippen LogP contribution in [-0.2, 0) is 4.79 Å². The van der Waals surface area contributed by atoms with E-state index < -0.39 is 5.54 Å². The second-order valence-corrected chi connectivity index (χ2v) is 8.08. The Morgan fingerprint density at radius 3 is 2.85 bits per heavy atom. The Bertz CT molecular complexity index is 895. The molecule has 1 aromatic carbocycles. The second kappa shape index (κ2) is 6.83. The van der Waals surface area contributed by atoms with Gasteiger partial charge in [0.1, 0.15) is 11.4 Å². The number of anilines is 1. The molecule has 1 aliphatic heterocycles. The molecule has 2 aliphatic rings. The van der Waals surface area contributed by atoms with Crippen molar-refractivity contribution in [3.8, 4) is 0 Å². The average Bonchev–Trinajstić information content (AvgIpc) is 2.84. The van der Waals surface area contributed by atoms with Gasteiger partial charge in [0.15, 0.2) is 5.96 Å². The van der Waals surface area contributed by atoms with Gasteiger partial charge in [0.25, 0.3) is 5.91 Å². The molecule has 2 aromatic rings. The highest BCUT2D eigenvalue weighted by molar-refractivity contribution is 6.06. The molecule has 6 heteroatoms. The Kier molecular flexibility index (Phi) is 4.50. The first kappa shape index (κ1) is 17.8. The monoisotopic (exact) mass is 365 g/mol. The minimum Gasteiger partial charge on any atom is -0.369 e. The van der Waals surface area contributed by atoms with Crippen LogP contribution in [-0.4, -0.2) is 40.4 Å². The van der Waals surface area contributed by atoms with E-state index in [0.29, 0.717) is 17.9 Å². The molecule has 1 fully saturated rings. The number of rotatable bonds is 4. The number of nitrogens with zero attached hydrogens (tertiary/aromatic N) is 3. The maximum absolute atomic E-state index is 12.5. The summed E-state index contributed by atoms with van der Waals surface area (Å²) in [6.07, 6.45) is 5.18. The molecule has 6 nitrogen and oxygen atoms in total. The third kappa shape index (κ3) is 3.48. The van der Waals surface area contributed by atoms with Gasteiger partial charge in [-0.1, -0.05) is 31.0 Å². The summed E-state index contributed by atoms with van der Waals surface area (Å²) in [5.74, 6) is 1.71. The molecule has 0 bridgehead atoms. The van der Waals surface area contributed by atoms with Crippen LogP contribution in [0.25, 0.3) is 10.9 Å². The Morgan fingerprint density at radius 1 is 1.26 bits per heavy atom. The number of carbonyl (C=O) groups excluding carboxylic acids is 1.